The molecule has 3 aromatic rings. The maximum absolute atomic E-state index is 13.2. The number of ketones is 1. The average molecular weight is 464 g/mol. The Bertz CT molecular complexity index is 1140. The first-order chi connectivity index (χ1) is 15.7. The molecule has 0 radical (unpaired) electrons. The minimum absolute atomic E-state index is 0.00855. The molecule has 0 fully saturated rings. The third-order valence-corrected chi connectivity index (χ3v) is 7.28. The van der Waals surface area contributed by atoms with Gasteiger partial charge in [-0.1, -0.05) is 92.7 Å². The van der Waals surface area contributed by atoms with Gasteiger partial charge in [0, 0.05) is 19.5 Å². The monoisotopic (exact) mass is 463 g/mol. The fraction of sp³-hybridized carbons (Fsp3) is 0.321. The number of hydrogen-bond donors (Lipinski definition) is 0. The molecule has 0 aliphatic rings. The van der Waals surface area contributed by atoms with Crippen LogP contribution in [-0.4, -0.2) is 25.1 Å². The summed E-state index contributed by atoms with van der Waals surface area (Å²) in [5, 5.41) is 0. The van der Waals surface area contributed by atoms with Crippen LogP contribution >= 0.6 is 0 Å². The highest BCUT2D eigenvalue weighted by atomic mass is 32.2. The third-order valence-electron chi connectivity index (χ3n) is 5.52. The number of hydrogen-bond acceptors (Lipinski definition) is 3. The molecule has 0 N–H and O–H groups in total. The predicted octanol–water partition coefficient (Wildman–Crippen LogP) is 5.86. The van der Waals surface area contributed by atoms with E-state index < -0.39 is 10.0 Å². The van der Waals surface area contributed by atoms with Crippen LogP contribution in [-0.2, 0) is 33.5 Å². The summed E-state index contributed by atoms with van der Waals surface area (Å²) in [5.74, 6) is 0.442. The van der Waals surface area contributed by atoms with Gasteiger partial charge in [0.15, 0.2) is 0 Å². The molecule has 3 rings (SSSR count). The van der Waals surface area contributed by atoms with Crippen LogP contribution in [0.3, 0.4) is 0 Å². The summed E-state index contributed by atoms with van der Waals surface area (Å²) in [4.78, 5) is 11.2. The Labute approximate surface area is 198 Å². The van der Waals surface area contributed by atoms with Crippen LogP contribution in [0.2, 0.25) is 0 Å². The molecule has 0 atom stereocenters. The normalized spacial score (nSPS) is 11.8. The van der Waals surface area contributed by atoms with Crippen molar-refractivity contribution < 1.29 is 13.2 Å². The van der Waals surface area contributed by atoms with E-state index in [0.717, 1.165) is 34.2 Å². The first-order valence-electron chi connectivity index (χ1n) is 11.4. The molecule has 0 spiro atoms. The Balaban J connectivity index is 1.72. The average Bonchev–Trinajstić information content (AvgIpc) is 2.78. The lowest BCUT2D eigenvalue weighted by molar-refractivity contribution is -0.116. The van der Waals surface area contributed by atoms with Crippen molar-refractivity contribution in [2.45, 2.75) is 45.9 Å². The summed E-state index contributed by atoms with van der Waals surface area (Å²) in [7, 11) is -3.44. The highest BCUT2D eigenvalue weighted by molar-refractivity contribution is 7.88. The van der Waals surface area contributed by atoms with Gasteiger partial charge < -0.3 is 4.79 Å². The van der Waals surface area contributed by atoms with Crippen LogP contribution in [0.4, 0.5) is 0 Å². The fourth-order valence-electron chi connectivity index (χ4n) is 3.75. The van der Waals surface area contributed by atoms with E-state index in [-0.39, 0.29) is 17.5 Å². The number of Topliss-reactive ketones (excluding diaryl/α,β-unsaturated/α-hetero) is 1. The van der Waals surface area contributed by atoms with E-state index in [9.17, 15) is 13.2 Å². The van der Waals surface area contributed by atoms with Crippen LogP contribution < -0.4 is 0 Å². The lowest BCUT2D eigenvalue weighted by Crippen LogP contribution is -2.34. The molecule has 0 aromatic heterocycles. The van der Waals surface area contributed by atoms with Crippen molar-refractivity contribution in [3.63, 3.8) is 0 Å². The molecule has 0 amide bonds. The second kappa shape index (κ2) is 11.4. The Morgan fingerprint density at radius 3 is 1.85 bits per heavy atom. The first-order valence-corrected chi connectivity index (χ1v) is 13.0. The molecule has 33 heavy (non-hydrogen) atoms. The number of carbonyl (C=O) groups excluding carboxylic acids is 1. The smallest absolute Gasteiger partial charge is 0.218 e. The maximum atomic E-state index is 13.2. The Kier molecular flexibility index (Phi) is 8.59. The number of nitrogens with zero attached hydrogens (tertiary/aromatic N) is 1. The van der Waals surface area contributed by atoms with Gasteiger partial charge in [-0.15, -0.1) is 0 Å². The van der Waals surface area contributed by atoms with Gasteiger partial charge in [0.1, 0.15) is 5.78 Å². The standard InChI is InChI=1S/C28H33NO3S/c1-22(2)19-29(33(31,32)21-26-7-5-4-6-8-26)20-25-13-17-28(18-14-25)27-15-11-24(12-16-27)10-9-23(3)30/h4-8,11-18,22H,9-10,19-21H2,1-3H3. The van der Waals surface area contributed by atoms with Crippen LogP contribution in [0, 0.1) is 5.92 Å². The first kappa shape index (κ1) is 24.9. The predicted molar refractivity (Wildman–Crippen MR) is 135 cm³/mol. The van der Waals surface area contributed by atoms with Crippen molar-refractivity contribution in [1.29, 1.82) is 0 Å². The van der Waals surface area contributed by atoms with Gasteiger partial charge >= 0.3 is 0 Å². The molecule has 4 nitrogen and oxygen atoms in total. The van der Waals surface area contributed by atoms with E-state index in [1.165, 1.54) is 0 Å². The number of aryl methyl sites for hydroxylation is 1. The molecular formula is C28H33NO3S. The van der Waals surface area contributed by atoms with Crippen LogP contribution in [0.1, 0.15) is 43.9 Å². The molecule has 3 aromatic carbocycles. The number of carbonyl (C=O) groups is 1. The summed E-state index contributed by atoms with van der Waals surface area (Å²) >= 11 is 0. The zero-order chi connectivity index (χ0) is 23.8. The van der Waals surface area contributed by atoms with E-state index in [1.54, 1.807) is 11.2 Å². The SMILES string of the molecule is CC(=O)CCc1ccc(-c2ccc(CN(CC(C)C)S(=O)(=O)Cc3ccccc3)cc2)cc1. The van der Waals surface area contributed by atoms with Gasteiger partial charge in [-0.25, -0.2) is 8.42 Å². The zero-order valence-electron chi connectivity index (χ0n) is 19.7. The van der Waals surface area contributed by atoms with Gasteiger partial charge in [-0.2, -0.15) is 4.31 Å². The van der Waals surface area contributed by atoms with Crippen LogP contribution in [0.5, 0.6) is 0 Å². The van der Waals surface area contributed by atoms with Crippen LogP contribution in [0.25, 0.3) is 11.1 Å². The van der Waals surface area contributed by atoms with Crippen LogP contribution in [0.15, 0.2) is 78.9 Å². The molecule has 0 aliphatic heterocycles. The second-order valence-electron chi connectivity index (χ2n) is 9.02. The molecule has 0 aliphatic carbocycles. The van der Waals surface area contributed by atoms with Gasteiger partial charge in [0.25, 0.3) is 0 Å². The summed E-state index contributed by atoms with van der Waals surface area (Å²) in [5.41, 5.74) is 5.10. The Hall–Kier alpha value is -2.76. The lowest BCUT2D eigenvalue weighted by atomic mass is 10.0. The molecule has 0 bridgehead atoms. The van der Waals surface area contributed by atoms with E-state index in [2.05, 4.69) is 24.3 Å². The number of benzene rings is 3. The summed E-state index contributed by atoms with van der Waals surface area (Å²) in [6.07, 6.45) is 1.33. The molecule has 0 unspecified atom stereocenters. The van der Waals surface area contributed by atoms with Crippen molar-refractivity contribution in [2.24, 2.45) is 5.92 Å². The minimum Gasteiger partial charge on any atom is -0.300 e. The molecule has 0 saturated carbocycles. The topological polar surface area (TPSA) is 54.5 Å². The Morgan fingerprint density at radius 1 is 0.788 bits per heavy atom. The van der Waals surface area contributed by atoms with Gasteiger partial charge in [-0.05, 0) is 47.1 Å². The van der Waals surface area contributed by atoms with Crippen molar-refractivity contribution in [1.82, 2.24) is 4.31 Å². The van der Waals surface area contributed by atoms with E-state index in [0.29, 0.717) is 19.5 Å². The molecule has 0 heterocycles. The lowest BCUT2D eigenvalue weighted by Gasteiger charge is -2.24. The highest BCUT2D eigenvalue weighted by Gasteiger charge is 2.23. The zero-order valence-corrected chi connectivity index (χ0v) is 20.5. The summed E-state index contributed by atoms with van der Waals surface area (Å²) in [6.45, 7) is 6.53. The third kappa shape index (κ3) is 7.65. The molecule has 5 heteroatoms. The number of rotatable bonds is 11. The molecule has 0 saturated heterocycles. The molecule has 174 valence electrons. The van der Waals surface area contributed by atoms with Crippen molar-refractivity contribution in [3.05, 3.63) is 95.6 Å². The van der Waals surface area contributed by atoms with E-state index in [4.69, 9.17) is 0 Å². The largest absolute Gasteiger partial charge is 0.300 e. The summed E-state index contributed by atoms with van der Waals surface area (Å²) < 4.78 is 27.9. The van der Waals surface area contributed by atoms with Gasteiger partial charge in [0.05, 0.1) is 5.75 Å². The highest BCUT2D eigenvalue weighted by Crippen LogP contribution is 2.23. The quantitative estimate of drug-likeness (QED) is 0.358. The van der Waals surface area contributed by atoms with Gasteiger partial charge in [-0.3, -0.25) is 0 Å². The van der Waals surface area contributed by atoms with E-state index >= 15 is 0 Å². The van der Waals surface area contributed by atoms with Crippen molar-refractivity contribution in [2.75, 3.05) is 6.54 Å². The molecular weight excluding hydrogens is 430 g/mol. The van der Waals surface area contributed by atoms with E-state index in [1.807, 2.05) is 68.4 Å². The second-order valence-corrected chi connectivity index (χ2v) is 11.0. The van der Waals surface area contributed by atoms with Gasteiger partial charge in [0.2, 0.25) is 10.0 Å². The van der Waals surface area contributed by atoms with Crippen molar-refractivity contribution in [3.8, 4) is 11.1 Å². The fourth-order valence-corrected chi connectivity index (χ4v) is 5.42. The number of sulfonamides is 1. The minimum atomic E-state index is -3.44. The Morgan fingerprint density at radius 2 is 1.33 bits per heavy atom. The van der Waals surface area contributed by atoms with Crippen molar-refractivity contribution >= 4 is 15.8 Å². The summed E-state index contributed by atoms with van der Waals surface area (Å²) in [6, 6.07) is 25.7. The maximum Gasteiger partial charge on any atom is 0.218 e.